The fraction of sp³-hybridized carbons (Fsp3) is 0.294. The van der Waals surface area contributed by atoms with E-state index in [1.807, 2.05) is 18.2 Å². The zero-order chi connectivity index (χ0) is 17.9. The van der Waals surface area contributed by atoms with Crippen molar-refractivity contribution in [2.24, 2.45) is 0 Å². The van der Waals surface area contributed by atoms with E-state index >= 15 is 0 Å². The highest BCUT2D eigenvalue weighted by atomic mass is 79.9. The Hall–Kier alpha value is -0.920. The van der Waals surface area contributed by atoms with Crippen LogP contribution in [0.3, 0.4) is 0 Å². The largest absolute Gasteiger partial charge is 0.493 e. The lowest BCUT2D eigenvalue weighted by Gasteiger charge is -2.16. The summed E-state index contributed by atoms with van der Waals surface area (Å²) in [6.07, 6.45) is 0.667. The number of benzene rings is 2. The molecule has 0 atom stereocenters. The van der Waals surface area contributed by atoms with Gasteiger partial charge in [0.15, 0.2) is 23.0 Å². The zero-order valence-electron chi connectivity index (χ0n) is 13.7. The lowest BCUT2D eigenvalue weighted by Crippen LogP contribution is -1.99. The molecule has 0 saturated carbocycles. The molecule has 0 radical (unpaired) electrons. The second kappa shape index (κ2) is 8.45. The summed E-state index contributed by atoms with van der Waals surface area (Å²) < 4.78 is 24.2. The summed E-state index contributed by atoms with van der Waals surface area (Å²) in [4.78, 5) is 0. The number of rotatable bonds is 6. The number of hydrogen-bond acceptors (Lipinski definition) is 4. The van der Waals surface area contributed by atoms with E-state index in [1.165, 1.54) is 0 Å². The summed E-state index contributed by atoms with van der Waals surface area (Å²) in [5.41, 5.74) is 2.11. The molecule has 0 aliphatic carbocycles. The van der Waals surface area contributed by atoms with Crippen LogP contribution in [0.5, 0.6) is 23.0 Å². The lowest BCUT2D eigenvalue weighted by atomic mass is 10.0. The van der Waals surface area contributed by atoms with Gasteiger partial charge in [0.25, 0.3) is 0 Å². The maximum absolute atomic E-state index is 5.44. The maximum atomic E-state index is 5.44. The molecule has 4 nitrogen and oxygen atoms in total. The molecule has 0 bridgehead atoms. The predicted octanol–water partition coefficient (Wildman–Crippen LogP) is 5.60. The molecule has 2 aromatic carbocycles. The Bertz CT molecular complexity index is 747. The van der Waals surface area contributed by atoms with Gasteiger partial charge >= 0.3 is 0 Å². The number of methoxy groups -OCH3 is 4. The summed E-state index contributed by atoms with van der Waals surface area (Å²) in [6.45, 7) is 0. The van der Waals surface area contributed by atoms with Crippen molar-refractivity contribution in [2.45, 2.75) is 6.42 Å². The SMILES string of the molecule is COc1ccc(Cc2cc(OC)c(OC)c(Br)c2Br)c(Br)c1OC. The summed E-state index contributed by atoms with van der Waals surface area (Å²) >= 11 is 10.8. The molecule has 0 amide bonds. The molecule has 0 heterocycles. The van der Waals surface area contributed by atoms with E-state index in [0.29, 0.717) is 29.4 Å². The topological polar surface area (TPSA) is 36.9 Å². The van der Waals surface area contributed by atoms with Crippen LogP contribution in [0.2, 0.25) is 0 Å². The lowest BCUT2D eigenvalue weighted by molar-refractivity contribution is 0.352. The molecule has 0 fully saturated rings. The molecule has 24 heavy (non-hydrogen) atoms. The van der Waals surface area contributed by atoms with Gasteiger partial charge in [-0.05, 0) is 77.5 Å². The van der Waals surface area contributed by atoms with Crippen LogP contribution in [0.1, 0.15) is 11.1 Å². The highest BCUT2D eigenvalue weighted by Crippen LogP contribution is 2.44. The van der Waals surface area contributed by atoms with E-state index in [0.717, 1.165) is 24.5 Å². The predicted molar refractivity (Wildman–Crippen MR) is 105 cm³/mol. The van der Waals surface area contributed by atoms with Crippen molar-refractivity contribution in [3.63, 3.8) is 0 Å². The number of ether oxygens (including phenoxy) is 4. The van der Waals surface area contributed by atoms with Crippen molar-refractivity contribution in [3.05, 3.63) is 42.7 Å². The molecule has 7 heteroatoms. The average molecular weight is 525 g/mol. The van der Waals surface area contributed by atoms with E-state index in [-0.39, 0.29) is 0 Å². The van der Waals surface area contributed by atoms with Crippen LogP contribution in [-0.2, 0) is 6.42 Å². The van der Waals surface area contributed by atoms with Gasteiger partial charge in [0.1, 0.15) is 0 Å². The molecule has 2 rings (SSSR count). The first-order chi connectivity index (χ1) is 11.5. The Morgan fingerprint density at radius 1 is 0.667 bits per heavy atom. The van der Waals surface area contributed by atoms with Gasteiger partial charge in [-0.2, -0.15) is 0 Å². The van der Waals surface area contributed by atoms with E-state index in [9.17, 15) is 0 Å². The number of halogens is 3. The second-order valence-electron chi connectivity index (χ2n) is 4.85. The third-order valence-electron chi connectivity index (χ3n) is 3.57. The van der Waals surface area contributed by atoms with Crippen LogP contribution in [0.15, 0.2) is 31.6 Å². The Balaban J connectivity index is 2.51. The Labute approximate surface area is 166 Å². The second-order valence-corrected chi connectivity index (χ2v) is 7.23. The summed E-state index contributed by atoms with van der Waals surface area (Å²) in [7, 11) is 6.47. The van der Waals surface area contributed by atoms with Gasteiger partial charge < -0.3 is 18.9 Å². The van der Waals surface area contributed by atoms with Gasteiger partial charge in [-0.1, -0.05) is 6.07 Å². The first-order valence-corrected chi connectivity index (χ1v) is 9.34. The average Bonchev–Trinajstić information content (AvgIpc) is 2.59. The Morgan fingerprint density at radius 3 is 1.79 bits per heavy atom. The maximum Gasteiger partial charge on any atom is 0.176 e. The van der Waals surface area contributed by atoms with Gasteiger partial charge in [0.2, 0.25) is 0 Å². The van der Waals surface area contributed by atoms with Gasteiger partial charge in [-0.25, -0.2) is 0 Å². The van der Waals surface area contributed by atoms with Crippen LogP contribution in [0.25, 0.3) is 0 Å². The van der Waals surface area contributed by atoms with Gasteiger partial charge in [0, 0.05) is 4.47 Å². The molecule has 0 saturated heterocycles. The van der Waals surface area contributed by atoms with E-state index in [2.05, 4.69) is 47.8 Å². The smallest absolute Gasteiger partial charge is 0.176 e. The zero-order valence-corrected chi connectivity index (χ0v) is 18.5. The fourth-order valence-electron chi connectivity index (χ4n) is 2.38. The van der Waals surface area contributed by atoms with E-state index < -0.39 is 0 Å². The minimum absolute atomic E-state index is 0.652. The molecular formula is C17H17Br3O4. The summed E-state index contributed by atoms with van der Waals surface area (Å²) in [5, 5.41) is 0. The van der Waals surface area contributed by atoms with E-state index in [1.54, 1.807) is 28.4 Å². The van der Waals surface area contributed by atoms with Gasteiger partial charge in [-0.15, -0.1) is 0 Å². The summed E-state index contributed by atoms with van der Waals surface area (Å²) in [5.74, 6) is 2.67. The van der Waals surface area contributed by atoms with Crippen LogP contribution in [0.4, 0.5) is 0 Å². The molecule has 2 aromatic rings. The van der Waals surface area contributed by atoms with E-state index in [4.69, 9.17) is 18.9 Å². The van der Waals surface area contributed by atoms with Crippen LogP contribution in [-0.4, -0.2) is 28.4 Å². The Morgan fingerprint density at radius 2 is 1.25 bits per heavy atom. The van der Waals surface area contributed by atoms with Gasteiger partial charge in [-0.3, -0.25) is 0 Å². The van der Waals surface area contributed by atoms with Crippen molar-refractivity contribution < 1.29 is 18.9 Å². The fourth-order valence-corrected chi connectivity index (χ4v) is 4.05. The third kappa shape index (κ3) is 3.68. The summed E-state index contributed by atoms with van der Waals surface area (Å²) in [6, 6.07) is 5.85. The standard InChI is InChI=1S/C17H17Br3O4/c1-21-11-6-5-9(14(19)16(11)23-3)7-10-8-12(22-2)17(24-4)15(20)13(10)18/h5-6,8H,7H2,1-4H3. The third-order valence-corrected chi connectivity index (χ3v) is 6.64. The van der Waals surface area contributed by atoms with Crippen LogP contribution in [0, 0.1) is 0 Å². The quantitative estimate of drug-likeness (QED) is 0.493. The van der Waals surface area contributed by atoms with Crippen molar-refractivity contribution in [1.82, 2.24) is 0 Å². The minimum atomic E-state index is 0.652. The van der Waals surface area contributed by atoms with Crippen LogP contribution >= 0.6 is 47.8 Å². The highest BCUT2D eigenvalue weighted by Gasteiger charge is 2.19. The molecular weight excluding hydrogens is 508 g/mol. The highest BCUT2D eigenvalue weighted by molar-refractivity contribution is 9.13. The molecule has 130 valence electrons. The number of hydrogen-bond donors (Lipinski definition) is 0. The van der Waals surface area contributed by atoms with Crippen LogP contribution < -0.4 is 18.9 Å². The first kappa shape index (κ1) is 19.4. The van der Waals surface area contributed by atoms with Crippen molar-refractivity contribution >= 4 is 47.8 Å². The molecule has 0 aromatic heterocycles. The first-order valence-electron chi connectivity index (χ1n) is 6.96. The molecule has 0 aliphatic heterocycles. The normalized spacial score (nSPS) is 10.5. The van der Waals surface area contributed by atoms with Crippen molar-refractivity contribution in [1.29, 1.82) is 0 Å². The van der Waals surface area contributed by atoms with Gasteiger partial charge in [0.05, 0.1) is 37.4 Å². The minimum Gasteiger partial charge on any atom is -0.493 e. The monoisotopic (exact) mass is 522 g/mol. The molecule has 0 N–H and O–H groups in total. The molecule has 0 spiro atoms. The molecule has 0 aliphatic rings. The van der Waals surface area contributed by atoms with Crippen molar-refractivity contribution in [3.8, 4) is 23.0 Å². The molecule has 0 unspecified atom stereocenters. The Kier molecular flexibility index (Phi) is 6.83. The van der Waals surface area contributed by atoms with Crippen molar-refractivity contribution in [2.75, 3.05) is 28.4 Å².